The van der Waals surface area contributed by atoms with Gasteiger partial charge < -0.3 is 9.94 Å². The van der Waals surface area contributed by atoms with Crippen LogP contribution in [0.2, 0.25) is 0 Å². The maximum atomic E-state index is 11.9. The molecule has 0 heterocycles. The number of nitrogens with one attached hydrogen (secondary N) is 1. The van der Waals surface area contributed by atoms with Crippen LogP contribution in [0.5, 0.6) is 0 Å². The van der Waals surface area contributed by atoms with E-state index in [1.54, 1.807) is 24.3 Å². The molecule has 0 aliphatic carbocycles. The smallest absolute Gasteiger partial charge is 0.363 e. The zero-order valence-electron chi connectivity index (χ0n) is 10.2. The molecule has 0 unspecified atom stereocenters. The number of carbonyl (C=O) groups is 2. The molecule has 5 nitrogen and oxygen atoms in total. The highest BCUT2D eigenvalue weighted by Gasteiger charge is 2.17. The minimum absolute atomic E-state index is 0.00145. The van der Waals surface area contributed by atoms with Gasteiger partial charge in [0.1, 0.15) is 0 Å². The minimum Gasteiger partial charge on any atom is -0.478 e. The number of carboxylic acid groups (broad SMARTS) is 1. The first-order valence-electron chi connectivity index (χ1n) is 5.63. The molecular formula is C14H10INO4. The van der Waals surface area contributed by atoms with Crippen LogP contribution in [0, 0.1) is 3.57 Å². The Morgan fingerprint density at radius 3 is 2.25 bits per heavy atom. The number of rotatable bonds is 4. The van der Waals surface area contributed by atoms with Gasteiger partial charge in [0.25, 0.3) is 0 Å². The predicted octanol–water partition coefficient (Wildman–Crippen LogP) is 3.17. The molecule has 0 aliphatic rings. The summed E-state index contributed by atoms with van der Waals surface area (Å²) in [5, 5.41) is 9.01. The van der Waals surface area contributed by atoms with Crippen molar-refractivity contribution in [1.29, 1.82) is 0 Å². The van der Waals surface area contributed by atoms with Gasteiger partial charge in [0.05, 0.1) is 16.8 Å². The topological polar surface area (TPSA) is 75.6 Å². The van der Waals surface area contributed by atoms with Crippen LogP contribution in [0.15, 0.2) is 48.5 Å². The monoisotopic (exact) mass is 383 g/mol. The number of para-hydroxylation sites is 1. The van der Waals surface area contributed by atoms with Crippen molar-refractivity contribution in [2.45, 2.75) is 0 Å². The molecule has 2 N–H and O–H groups in total. The molecule has 0 spiro atoms. The number of carboxylic acids is 1. The van der Waals surface area contributed by atoms with E-state index in [1.165, 1.54) is 12.1 Å². The molecule has 2 rings (SSSR count). The van der Waals surface area contributed by atoms with Crippen molar-refractivity contribution in [3.63, 3.8) is 0 Å². The fraction of sp³-hybridized carbons (Fsp3) is 0. The van der Waals surface area contributed by atoms with Gasteiger partial charge in [-0.15, -0.1) is 0 Å². The van der Waals surface area contributed by atoms with E-state index in [1.807, 2.05) is 12.1 Å². The molecular weight excluding hydrogens is 373 g/mol. The van der Waals surface area contributed by atoms with E-state index in [4.69, 9.17) is 9.94 Å². The number of hydrogen-bond acceptors (Lipinski definition) is 4. The van der Waals surface area contributed by atoms with E-state index in [9.17, 15) is 9.59 Å². The molecule has 0 bridgehead atoms. The lowest BCUT2D eigenvalue weighted by Crippen LogP contribution is -2.15. The van der Waals surface area contributed by atoms with E-state index in [-0.39, 0.29) is 11.1 Å². The molecule has 102 valence electrons. The standard InChI is InChI=1S/C14H10INO4/c15-11-7-3-4-8-12(11)16-20-14(19)10-6-2-1-5-9(10)13(17)18/h1-8,16H,(H,17,18). The van der Waals surface area contributed by atoms with Crippen LogP contribution < -0.4 is 5.48 Å². The molecule has 0 aliphatic heterocycles. The molecule has 0 radical (unpaired) electrons. The van der Waals surface area contributed by atoms with Crippen molar-refractivity contribution < 1.29 is 19.5 Å². The van der Waals surface area contributed by atoms with Crippen LogP contribution in [0.1, 0.15) is 20.7 Å². The fourth-order valence-electron chi connectivity index (χ4n) is 1.55. The Kier molecular flexibility index (Phi) is 4.57. The Morgan fingerprint density at radius 2 is 1.60 bits per heavy atom. The van der Waals surface area contributed by atoms with Crippen LogP contribution in [0.25, 0.3) is 0 Å². The number of hydrogen-bond donors (Lipinski definition) is 2. The van der Waals surface area contributed by atoms with Crippen molar-refractivity contribution in [3.8, 4) is 0 Å². The van der Waals surface area contributed by atoms with Gasteiger partial charge in [0, 0.05) is 3.57 Å². The van der Waals surface area contributed by atoms with Crippen LogP contribution in [-0.2, 0) is 4.84 Å². The van der Waals surface area contributed by atoms with Gasteiger partial charge in [0.2, 0.25) is 0 Å². The third-order valence-corrected chi connectivity index (χ3v) is 3.45. The summed E-state index contributed by atoms with van der Waals surface area (Å²) in [6.45, 7) is 0. The van der Waals surface area contributed by atoms with E-state index < -0.39 is 11.9 Å². The first kappa shape index (κ1) is 14.3. The summed E-state index contributed by atoms with van der Waals surface area (Å²) >= 11 is 2.09. The van der Waals surface area contributed by atoms with E-state index >= 15 is 0 Å². The normalized spacial score (nSPS) is 9.85. The zero-order chi connectivity index (χ0) is 14.5. The average molecular weight is 383 g/mol. The molecule has 20 heavy (non-hydrogen) atoms. The second-order valence-electron chi connectivity index (χ2n) is 3.82. The number of benzene rings is 2. The molecule has 6 heteroatoms. The molecule has 2 aromatic carbocycles. The SMILES string of the molecule is O=C(O)c1ccccc1C(=O)ONc1ccccc1I. The van der Waals surface area contributed by atoms with E-state index in [0.717, 1.165) is 3.57 Å². The molecule has 0 aromatic heterocycles. The lowest BCUT2D eigenvalue weighted by molar-refractivity contribution is 0.0578. The lowest BCUT2D eigenvalue weighted by Gasteiger charge is -2.09. The highest BCUT2D eigenvalue weighted by atomic mass is 127. The molecule has 2 aromatic rings. The summed E-state index contributed by atoms with van der Waals surface area (Å²) < 4.78 is 0.879. The highest BCUT2D eigenvalue weighted by Crippen LogP contribution is 2.18. The first-order valence-corrected chi connectivity index (χ1v) is 6.71. The van der Waals surface area contributed by atoms with Crippen molar-refractivity contribution >= 4 is 40.2 Å². The van der Waals surface area contributed by atoms with Crippen molar-refractivity contribution in [1.82, 2.24) is 0 Å². The Hall–Kier alpha value is -2.09. The van der Waals surface area contributed by atoms with E-state index in [0.29, 0.717) is 5.69 Å². The Bertz CT molecular complexity index is 657. The second kappa shape index (κ2) is 6.38. The van der Waals surface area contributed by atoms with Gasteiger partial charge in [0.15, 0.2) is 0 Å². The van der Waals surface area contributed by atoms with Gasteiger partial charge in [-0.2, -0.15) is 0 Å². The summed E-state index contributed by atoms with van der Waals surface area (Å²) in [5.74, 6) is -1.92. The summed E-state index contributed by atoms with van der Waals surface area (Å²) in [5.41, 5.74) is 3.06. The first-order chi connectivity index (χ1) is 9.59. The van der Waals surface area contributed by atoms with Gasteiger partial charge in [-0.05, 0) is 46.9 Å². The maximum absolute atomic E-state index is 11.9. The van der Waals surface area contributed by atoms with Gasteiger partial charge in [-0.25, -0.2) is 15.1 Å². The average Bonchev–Trinajstić information content (AvgIpc) is 2.46. The second-order valence-corrected chi connectivity index (χ2v) is 4.98. The maximum Gasteiger partial charge on any atom is 0.363 e. The third-order valence-electron chi connectivity index (χ3n) is 2.50. The number of anilines is 1. The summed E-state index contributed by atoms with van der Waals surface area (Å²) in [4.78, 5) is 27.9. The van der Waals surface area contributed by atoms with Crippen LogP contribution >= 0.6 is 22.6 Å². The Labute approximate surface area is 128 Å². The highest BCUT2D eigenvalue weighted by molar-refractivity contribution is 14.1. The van der Waals surface area contributed by atoms with Crippen LogP contribution in [0.3, 0.4) is 0 Å². The summed E-state index contributed by atoms with van der Waals surface area (Å²) in [6, 6.07) is 13.1. The minimum atomic E-state index is -1.17. The zero-order valence-corrected chi connectivity index (χ0v) is 12.3. The molecule has 0 atom stereocenters. The molecule has 0 fully saturated rings. The molecule has 0 saturated carbocycles. The van der Waals surface area contributed by atoms with Crippen molar-refractivity contribution in [3.05, 3.63) is 63.2 Å². The quantitative estimate of drug-likeness (QED) is 0.627. The number of carbonyl (C=O) groups excluding carboxylic acids is 1. The fourth-order valence-corrected chi connectivity index (χ4v) is 2.05. The van der Waals surface area contributed by atoms with Crippen molar-refractivity contribution in [2.24, 2.45) is 0 Å². The number of halogens is 1. The molecule has 0 amide bonds. The Morgan fingerprint density at radius 1 is 1.00 bits per heavy atom. The van der Waals surface area contributed by atoms with E-state index in [2.05, 4.69) is 28.1 Å². The Balaban J connectivity index is 2.14. The van der Waals surface area contributed by atoms with Crippen LogP contribution in [-0.4, -0.2) is 17.0 Å². The largest absolute Gasteiger partial charge is 0.478 e. The summed E-state index contributed by atoms with van der Waals surface area (Å²) in [7, 11) is 0. The predicted molar refractivity (Wildman–Crippen MR) is 81.6 cm³/mol. The summed E-state index contributed by atoms with van der Waals surface area (Å²) in [6.07, 6.45) is 0. The molecule has 0 saturated heterocycles. The van der Waals surface area contributed by atoms with Crippen molar-refractivity contribution in [2.75, 3.05) is 5.48 Å². The van der Waals surface area contributed by atoms with Gasteiger partial charge in [-0.3, -0.25) is 0 Å². The van der Waals surface area contributed by atoms with Gasteiger partial charge >= 0.3 is 11.9 Å². The lowest BCUT2D eigenvalue weighted by atomic mass is 10.1. The third kappa shape index (κ3) is 3.27. The van der Waals surface area contributed by atoms with Gasteiger partial charge in [-0.1, -0.05) is 24.3 Å². The number of aromatic carboxylic acids is 1. The van der Waals surface area contributed by atoms with Crippen LogP contribution in [0.4, 0.5) is 5.69 Å².